The molecule has 3 aromatic rings. The molecule has 0 N–H and O–H groups in total. The number of benzene rings is 1. The molecule has 1 fully saturated rings. The van der Waals surface area contributed by atoms with Gasteiger partial charge in [0.1, 0.15) is 0 Å². The summed E-state index contributed by atoms with van der Waals surface area (Å²) in [6, 6.07) is 9.86. The van der Waals surface area contributed by atoms with Crippen LogP contribution < -0.4 is 15.2 Å². The number of aromatic nitrogens is 2. The number of hydrogen-bond donors (Lipinski definition) is 0. The van der Waals surface area contributed by atoms with Crippen LogP contribution in [0.3, 0.4) is 0 Å². The number of ether oxygens (including phenoxy) is 2. The fourth-order valence-electron chi connectivity index (χ4n) is 3.42. The first kappa shape index (κ1) is 17.8. The summed E-state index contributed by atoms with van der Waals surface area (Å²) >= 11 is 1.63. The highest BCUT2D eigenvalue weighted by Gasteiger charge is 2.19. The van der Waals surface area contributed by atoms with E-state index in [0.29, 0.717) is 6.54 Å². The van der Waals surface area contributed by atoms with Gasteiger partial charge in [-0.3, -0.25) is 4.57 Å². The van der Waals surface area contributed by atoms with Crippen molar-refractivity contribution < 1.29 is 9.47 Å². The van der Waals surface area contributed by atoms with Crippen molar-refractivity contribution in [3.8, 4) is 22.6 Å². The Kier molecular flexibility index (Phi) is 5.25. The molecule has 4 rings (SSSR count). The molecule has 0 bridgehead atoms. The van der Waals surface area contributed by atoms with Crippen LogP contribution in [0.4, 0.5) is 0 Å². The van der Waals surface area contributed by atoms with Crippen LogP contribution in [0.2, 0.25) is 0 Å². The first-order valence-corrected chi connectivity index (χ1v) is 10.0. The molecule has 1 aliphatic rings. The SMILES string of the molecule is COc1ccc(-c2cnc(=O)n(Cc3cccs3)c2)cc1OC1CCCC1. The van der Waals surface area contributed by atoms with Crippen molar-refractivity contribution in [1.29, 1.82) is 0 Å². The molecule has 0 aliphatic heterocycles. The zero-order valence-electron chi connectivity index (χ0n) is 15.3. The Morgan fingerprint density at radius 1 is 1.19 bits per heavy atom. The minimum absolute atomic E-state index is 0.247. The largest absolute Gasteiger partial charge is 0.493 e. The summed E-state index contributed by atoms with van der Waals surface area (Å²) < 4.78 is 13.3. The van der Waals surface area contributed by atoms with Crippen molar-refractivity contribution in [2.24, 2.45) is 0 Å². The Hall–Kier alpha value is -2.60. The highest BCUT2D eigenvalue weighted by molar-refractivity contribution is 7.09. The van der Waals surface area contributed by atoms with Gasteiger partial charge in [-0.2, -0.15) is 0 Å². The van der Waals surface area contributed by atoms with Gasteiger partial charge in [-0.05, 0) is 54.8 Å². The predicted molar refractivity (Wildman–Crippen MR) is 107 cm³/mol. The second-order valence-corrected chi connectivity index (χ2v) is 7.75. The van der Waals surface area contributed by atoms with Crippen molar-refractivity contribution >= 4 is 11.3 Å². The third-order valence-electron chi connectivity index (χ3n) is 4.85. The lowest BCUT2D eigenvalue weighted by molar-refractivity contribution is 0.201. The number of nitrogens with zero attached hydrogens (tertiary/aromatic N) is 2. The van der Waals surface area contributed by atoms with Gasteiger partial charge in [-0.15, -0.1) is 11.3 Å². The average molecular weight is 382 g/mol. The Balaban J connectivity index is 1.65. The maximum Gasteiger partial charge on any atom is 0.347 e. The topological polar surface area (TPSA) is 53.3 Å². The van der Waals surface area contributed by atoms with Crippen LogP contribution in [-0.4, -0.2) is 22.8 Å². The van der Waals surface area contributed by atoms with Gasteiger partial charge in [-0.25, -0.2) is 9.78 Å². The fourth-order valence-corrected chi connectivity index (χ4v) is 4.12. The molecule has 140 valence electrons. The second kappa shape index (κ2) is 7.96. The molecule has 27 heavy (non-hydrogen) atoms. The van der Waals surface area contributed by atoms with Crippen LogP contribution in [0.5, 0.6) is 11.5 Å². The van der Waals surface area contributed by atoms with E-state index in [-0.39, 0.29) is 11.8 Å². The molecule has 0 saturated heterocycles. The Bertz CT molecular complexity index is 960. The van der Waals surface area contributed by atoms with Crippen LogP contribution in [-0.2, 0) is 6.54 Å². The molecule has 5 nitrogen and oxygen atoms in total. The molecule has 0 unspecified atom stereocenters. The van der Waals surface area contributed by atoms with E-state index in [9.17, 15) is 4.79 Å². The average Bonchev–Trinajstić information content (AvgIpc) is 3.38. The molecule has 0 amide bonds. The summed E-state index contributed by atoms with van der Waals surface area (Å²) in [4.78, 5) is 17.3. The normalized spacial score (nSPS) is 14.4. The summed E-state index contributed by atoms with van der Waals surface area (Å²) in [6.45, 7) is 0.527. The van der Waals surface area contributed by atoms with E-state index in [0.717, 1.165) is 40.3 Å². The predicted octanol–water partition coefficient (Wildman–Crippen LogP) is 4.35. The van der Waals surface area contributed by atoms with Crippen LogP contribution in [0.25, 0.3) is 11.1 Å². The smallest absolute Gasteiger partial charge is 0.347 e. The first-order chi connectivity index (χ1) is 13.2. The summed E-state index contributed by atoms with van der Waals surface area (Å²) in [5, 5.41) is 2.01. The van der Waals surface area contributed by atoms with Crippen molar-refractivity contribution in [3.05, 3.63) is 63.5 Å². The monoisotopic (exact) mass is 382 g/mol. The van der Waals surface area contributed by atoms with E-state index >= 15 is 0 Å². The lowest BCUT2D eigenvalue weighted by atomic mass is 10.1. The third kappa shape index (κ3) is 4.06. The van der Waals surface area contributed by atoms with Gasteiger partial charge < -0.3 is 9.47 Å². The molecule has 0 spiro atoms. The quantitative estimate of drug-likeness (QED) is 0.636. The van der Waals surface area contributed by atoms with Gasteiger partial charge in [0.15, 0.2) is 11.5 Å². The summed E-state index contributed by atoms with van der Waals surface area (Å²) in [5.74, 6) is 1.48. The van der Waals surface area contributed by atoms with Gasteiger partial charge in [-0.1, -0.05) is 12.1 Å². The first-order valence-electron chi connectivity index (χ1n) is 9.17. The second-order valence-electron chi connectivity index (χ2n) is 6.72. The molecule has 1 aromatic carbocycles. The molecule has 0 atom stereocenters. The van der Waals surface area contributed by atoms with Crippen molar-refractivity contribution in [3.63, 3.8) is 0 Å². The fraction of sp³-hybridized carbons (Fsp3) is 0.333. The number of thiophene rings is 1. The number of methoxy groups -OCH3 is 1. The summed E-state index contributed by atoms with van der Waals surface area (Å²) in [7, 11) is 1.65. The van der Waals surface area contributed by atoms with Crippen molar-refractivity contribution in [2.45, 2.75) is 38.3 Å². The van der Waals surface area contributed by atoms with E-state index in [4.69, 9.17) is 9.47 Å². The van der Waals surface area contributed by atoms with Crippen LogP contribution in [0, 0.1) is 0 Å². The van der Waals surface area contributed by atoms with E-state index in [1.54, 1.807) is 29.2 Å². The van der Waals surface area contributed by atoms with Gasteiger partial charge in [0.2, 0.25) is 0 Å². The molecule has 2 heterocycles. The van der Waals surface area contributed by atoms with E-state index < -0.39 is 0 Å². The molecule has 1 aliphatic carbocycles. The Labute approximate surface area is 162 Å². The van der Waals surface area contributed by atoms with Gasteiger partial charge in [0, 0.05) is 22.8 Å². The van der Waals surface area contributed by atoms with E-state index in [1.165, 1.54) is 12.8 Å². The number of rotatable bonds is 6. The Morgan fingerprint density at radius 2 is 2.04 bits per heavy atom. The molecule has 0 radical (unpaired) electrons. The van der Waals surface area contributed by atoms with E-state index in [1.807, 2.05) is 41.9 Å². The minimum atomic E-state index is -0.247. The lowest BCUT2D eigenvalue weighted by Gasteiger charge is -2.17. The molecular formula is C21H22N2O3S. The van der Waals surface area contributed by atoms with Crippen LogP contribution >= 0.6 is 11.3 Å². The van der Waals surface area contributed by atoms with Crippen molar-refractivity contribution in [2.75, 3.05) is 7.11 Å². The zero-order valence-corrected chi connectivity index (χ0v) is 16.1. The molecule has 2 aromatic heterocycles. The summed E-state index contributed by atoms with van der Waals surface area (Å²) in [5.41, 5.74) is 1.59. The number of hydrogen-bond acceptors (Lipinski definition) is 5. The standard InChI is InChI=1S/C21H22N2O3S/c1-25-19-9-8-15(11-20(19)26-17-5-2-3-6-17)16-12-22-21(24)23(13-16)14-18-7-4-10-27-18/h4,7-13,17H,2-3,5-6,14H2,1H3. The minimum Gasteiger partial charge on any atom is -0.493 e. The molecular weight excluding hydrogens is 360 g/mol. The summed E-state index contributed by atoms with van der Waals surface area (Å²) in [6.07, 6.45) is 8.32. The Morgan fingerprint density at radius 3 is 2.78 bits per heavy atom. The van der Waals surface area contributed by atoms with Gasteiger partial charge in [0.05, 0.1) is 19.8 Å². The molecule has 6 heteroatoms. The van der Waals surface area contributed by atoms with Crippen LogP contribution in [0.1, 0.15) is 30.6 Å². The van der Waals surface area contributed by atoms with E-state index in [2.05, 4.69) is 4.98 Å². The highest BCUT2D eigenvalue weighted by Crippen LogP contribution is 2.35. The van der Waals surface area contributed by atoms with Gasteiger partial charge >= 0.3 is 5.69 Å². The zero-order chi connectivity index (χ0) is 18.6. The maximum absolute atomic E-state index is 12.1. The lowest BCUT2D eigenvalue weighted by Crippen LogP contribution is -2.22. The maximum atomic E-state index is 12.1. The van der Waals surface area contributed by atoms with Crippen molar-refractivity contribution in [1.82, 2.24) is 9.55 Å². The third-order valence-corrected chi connectivity index (χ3v) is 5.71. The van der Waals surface area contributed by atoms with Gasteiger partial charge in [0.25, 0.3) is 0 Å². The molecule has 1 saturated carbocycles. The highest BCUT2D eigenvalue weighted by atomic mass is 32.1. The van der Waals surface area contributed by atoms with Crippen LogP contribution in [0.15, 0.2) is 52.9 Å².